The molecule has 0 fully saturated rings. The maximum Gasteiger partial charge on any atom is 0.128 e. The molecule has 0 saturated heterocycles. The first-order valence-electron chi connectivity index (χ1n) is 12.3. The van der Waals surface area contributed by atoms with Crippen LogP contribution in [0.5, 0.6) is 5.75 Å². The molecule has 1 heterocycles. The van der Waals surface area contributed by atoms with Crippen LogP contribution >= 0.6 is 0 Å². The molecular formula is C29H36N4O. The molecule has 1 aliphatic carbocycles. The predicted molar refractivity (Wildman–Crippen MR) is 142 cm³/mol. The number of ether oxygens (including phenoxy) is 1. The highest BCUT2D eigenvalue weighted by Crippen LogP contribution is 2.39. The molecule has 0 bridgehead atoms. The predicted octanol–water partition coefficient (Wildman–Crippen LogP) is 5.56. The van der Waals surface area contributed by atoms with E-state index in [1.165, 1.54) is 22.3 Å². The highest BCUT2D eigenvalue weighted by molar-refractivity contribution is 5.70. The van der Waals surface area contributed by atoms with Crippen molar-refractivity contribution in [3.8, 4) is 17.0 Å². The number of anilines is 1. The lowest BCUT2D eigenvalue weighted by Crippen LogP contribution is -2.23. The van der Waals surface area contributed by atoms with Gasteiger partial charge in [0.1, 0.15) is 5.75 Å². The summed E-state index contributed by atoms with van der Waals surface area (Å²) in [7, 11) is 1.76. The molecule has 1 aliphatic rings. The van der Waals surface area contributed by atoms with Crippen molar-refractivity contribution in [2.24, 2.45) is 5.73 Å². The van der Waals surface area contributed by atoms with E-state index < -0.39 is 0 Å². The second-order valence-electron chi connectivity index (χ2n) is 8.84. The summed E-state index contributed by atoms with van der Waals surface area (Å²) in [4.78, 5) is 5.19. The molecule has 5 N–H and O–H groups in total. The molecule has 1 unspecified atom stereocenters. The van der Waals surface area contributed by atoms with Crippen molar-refractivity contribution in [3.63, 3.8) is 0 Å². The molecule has 1 atom stereocenters. The van der Waals surface area contributed by atoms with Gasteiger partial charge in [-0.05, 0) is 78.8 Å². The average molecular weight is 457 g/mol. The third kappa shape index (κ3) is 4.80. The minimum atomic E-state index is 0.144. The first-order valence-corrected chi connectivity index (χ1v) is 12.3. The number of aryl methyl sites for hydroxylation is 3. The summed E-state index contributed by atoms with van der Waals surface area (Å²) in [5, 5.41) is 3.59. The van der Waals surface area contributed by atoms with Crippen LogP contribution in [-0.4, -0.2) is 12.1 Å². The number of nitrogen functional groups attached to an aromatic ring is 1. The number of fused-ring (bicyclic) bond motifs is 1. The second kappa shape index (κ2) is 10.7. The fourth-order valence-corrected chi connectivity index (χ4v) is 5.01. The van der Waals surface area contributed by atoms with Gasteiger partial charge in [0, 0.05) is 29.4 Å². The molecule has 0 spiro atoms. The van der Waals surface area contributed by atoms with Gasteiger partial charge in [-0.25, -0.2) is 0 Å². The van der Waals surface area contributed by atoms with Crippen LogP contribution in [-0.2, 0) is 25.8 Å². The topological polar surface area (TPSA) is 86.2 Å². The standard InChI is InChI=1S/C29H36N4O/c1-4-19-8-6-9-20(5-2)28(19)26-17-27(34-3)29-24(10-7-11-25(29)33-26)32-15-14-21-16-23(31)13-12-22(21)18-30/h6,8-9,12-17,24,32H,4-5,7,10-11,18,30-31H2,1-3H3/b15-14+. The van der Waals surface area contributed by atoms with E-state index in [9.17, 15) is 0 Å². The summed E-state index contributed by atoms with van der Waals surface area (Å²) in [6, 6.07) is 14.7. The summed E-state index contributed by atoms with van der Waals surface area (Å²) >= 11 is 0. The minimum Gasteiger partial charge on any atom is -0.496 e. The zero-order chi connectivity index (χ0) is 24.1. The maximum atomic E-state index is 5.98. The number of nitrogens with one attached hydrogen (secondary N) is 1. The van der Waals surface area contributed by atoms with Crippen molar-refractivity contribution < 1.29 is 4.74 Å². The van der Waals surface area contributed by atoms with Crippen LogP contribution in [0.15, 0.2) is 48.7 Å². The Hall–Kier alpha value is -3.31. The Morgan fingerprint density at radius 2 is 1.85 bits per heavy atom. The summed E-state index contributed by atoms with van der Waals surface area (Å²) in [5.74, 6) is 0.908. The van der Waals surface area contributed by atoms with E-state index in [0.29, 0.717) is 6.54 Å². The molecule has 1 aromatic heterocycles. The van der Waals surface area contributed by atoms with E-state index in [4.69, 9.17) is 21.2 Å². The summed E-state index contributed by atoms with van der Waals surface area (Å²) < 4.78 is 5.93. The Balaban J connectivity index is 1.68. The fraction of sp³-hybridized carbons (Fsp3) is 0.345. The lowest BCUT2D eigenvalue weighted by Gasteiger charge is -2.28. The minimum absolute atomic E-state index is 0.144. The quantitative estimate of drug-likeness (QED) is 0.386. The smallest absolute Gasteiger partial charge is 0.128 e. The van der Waals surface area contributed by atoms with Crippen LogP contribution in [0.25, 0.3) is 17.3 Å². The highest BCUT2D eigenvalue weighted by Gasteiger charge is 2.26. The van der Waals surface area contributed by atoms with E-state index in [0.717, 1.165) is 66.1 Å². The molecule has 0 saturated carbocycles. The third-order valence-corrected chi connectivity index (χ3v) is 6.78. The lowest BCUT2D eigenvalue weighted by atomic mass is 9.88. The molecule has 5 heteroatoms. The number of nitrogens with zero attached hydrogens (tertiary/aromatic N) is 1. The van der Waals surface area contributed by atoms with Gasteiger partial charge in [0.2, 0.25) is 0 Å². The van der Waals surface area contributed by atoms with E-state index in [-0.39, 0.29) is 6.04 Å². The van der Waals surface area contributed by atoms with Gasteiger partial charge in [0.15, 0.2) is 0 Å². The lowest BCUT2D eigenvalue weighted by molar-refractivity contribution is 0.391. The molecule has 0 radical (unpaired) electrons. The molecule has 2 aromatic carbocycles. The number of aromatic nitrogens is 1. The van der Waals surface area contributed by atoms with Crippen molar-refractivity contribution in [2.75, 3.05) is 12.8 Å². The van der Waals surface area contributed by atoms with Gasteiger partial charge >= 0.3 is 0 Å². The van der Waals surface area contributed by atoms with Crippen molar-refractivity contribution >= 4 is 11.8 Å². The van der Waals surface area contributed by atoms with Crippen molar-refractivity contribution in [2.45, 2.75) is 58.5 Å². The normalized spacial score (nSPS) is 15.4. The molecule has 0 aliphatic heterocycles. The average Bonchev–Trinajstić information content (AvgIpc) is 2.87. The van der Waals surface area contributed by atoms with Crippen LogP contribution in [0.3, 0.4) is 0 Å². The van der Waals surface area contributed by atoms with E-state index >= 15 is 0 Å². The largest absolute Gasteiger partial charge is 0.496 e. The number of nitrogens with two attached hydrogens (primary N) is 2. The van der Waals surface area contributed by atoms with Gasteiger partial charge in [0.05, 0.1) is 24.5 Å². The van der Waals surface area contributed by atoms with Crippen LogP contribution in [0.4, 0.5) is 5.69 Å². The van der Waals surface area contributed by atoms with E-state index in [1.807, 2.05) is 30.5 Å². The Kier molecular flexibility index (Phi) is 7.53. The number of pyridine rings is 1. The van der Waals surface area contributed by atoms with Gasteiger partial charge in [0.25, 0.3) is 0 Å². The molecule has 0 amide bonds. The van der Waals surface area contributed by atoms with Crippen molar-refractivity contribution in [1.29, 1.82) is 0 Å². The van der Waals surface area contributed by atoms with Gasteiger partial charge in [-0.2, -0.15) is 0 Å². The molecule has 178 valence electrons. The Bertz CT molecular complexity index is 1150. The Morgan fingerprint density at radius 3 is 2.53 bits per heavy atom. The van der Waals surface area contributed by atoms with Gasteiger partial charge in [-0.15, -0.1) is 0 Å². The molecule has 4 rings (SSSR count). The maximum absolute atomic E-state index is 5.98. The molecule has 34 heavy (non-hydrogen) atoms. The number of benzene rings is 2. The molecule has 5 nitrogen and oxygen atoms in total. The molecular weight excluding hydrogens is 420 g/mol. The second-order valence-corrected chi connectivity index (χ2v) is 8.84. The monoisotopic (exact) mass is 456 g/mol. The van der Waals surface area contributed by atoms with Gasteiger partial charge in [-0.1, -0.05) is 38.1 Å². The number of hydrogen-bond acceptors (Lipinski definition) is 5. The summed E-state index contributed by atoms with van der Waals surface area (Å²) in [5.41, 5.74) is 22.0. The molecule has 3 aromatic rings. The number of hydrogen-bond donors (Lipinski definition) is 3. The van der Waals surface area contributed by atoms with Gasteiger partial charge in [-0.3, -0.25) is 4.98 Å². The van der Waals surface area contributed by atoms with Crippen LogP contribution in [0.1, 0.15) is 66.2 Å². The van der Waals surface area contributed by atoms with E-state index in [2.05, 4.69) is 43.4 Å². The number of methoxy groups -OCH3 is 1. The summed E-state index contributed by atoms with van der Waals surface area (Å²) in [6.45, 7) is 4.89. The SMILES string of the molecule is CCc1cccc(CC)c1-c1cc(OC)c2c(n1)CCCC2N/C=C/c1cc(N)ccc1CN. The Morgan fingerprint density at radius 1 is 1.09 bits per heavy atom. The van der Waals surface area contributed by atoms with Crippen LogP contribution in [0, 0.1) is 0 Å². The zero-order valence-electron chi connectivity index (χ0n) is 20.5. The number of rotatable bonds is 8. The third-order valence-electron chi connectivity index (χ3n) is 6.78. The highest BCUT2D eigenvalue weighted by atomic mass is 16.5. The first kappa shape index (κ1) is 23.8. The van der Waals surface area contributed by atoms with Crippen molar-refractivity contribution in [1.82, 2.24) is 10.3 Å². The zero-order valence-corrected chi connectivity index (χ0v) is 20.5. The fourth-order valence-electron chi connectivity index (χ4n) is 5.01. The van der Waals surface area contributed by atoms with Gasteiger partial charge < -0.3 is 21.5 Å². The van der Waals surface area contributed by atoms with E-state index in [1.54, 1.807) is 7.11 Å². The first-order chi connectivity index (χ1) is 16.6. The van der Waals surface area contributed by atoms with Crippen molar-refractivity contribution in [3.05, 3.63) is 82.2 Å². The summed E-state index contributed by atoms with van der Waals surface area (Å²) in [6.07, 6.45) is 9.09. The van der Waals surface area contributed by atoms with Crippen LogP contribution < -0.4 is 21.5 Å². The van der Waals surface area contributed by atoms with Crippen LogP contribution in [0.2, 0.25) is 0 Å². The Labute approximate surface area is 203 Å².